The van der Waals surface area contributed by atoms with Crippen LogP contribution in [0.25, 0.3) is 0 Å². The van der Waals surface area contributed by atoms with E-state index in [1.54, 1.807) is 0 Å². The van der Waals surface area contributed by atoms with Crippen molar-refractivity contribution in [2.75, 3.05) is 0 Å². The number of fused-ring (bicyclic) bond motifs is 2. The fourth-order valence-corrected chi connectivity index (χ4v) is 7.79. The Balaban J connectivity index is 1.83. The molecule has 5 N–H and O–H groups in total. The lowest BCUT2D eigenvalue weighted by molar-refractivity contribution is -0.178. The minimum Gasteiger partial charge on any atom is -0.392 e. The summed E-state index contributed by atoms with van der Waals surface area (Å²) in [5.74, 6) is -0.147. The number of aliphatic hydroxyl groups excluding tert-OH is 3. The molecule has 4 saturated carbocycles. The van der Waals surface area contributed by atoms with Gasteiger partial charge in [0.05, 0.1) is 23.9 Å². The summed E-state index contributed by atoms with van der Waals surface area (Å²) in [4.78, 5) is 0. The summed E-state index contributed by atoms with van der Waals surface area (Å²) in [6, 6.07) is 0. The van der Waals surface area contributed by atoms with E-state index in [-0.39, 0.29) is 23.7 Å². The lowest BCUT2D eigenvalue weighted by atomic mass is 9.59. The van der Waals surface area contributed by atoms with E-state index >= 15 is 0 Å². The first-order chi connectivity index (χ1) is 11.4. The molecule has 0 radical (unpaired) electrons. The Kier molecular flexibility index (Phi) is 3.63. The van der Waals surface area contributed by atoms with Gasteiger partial charge in [-0.2, -0.15) is 0 Å². The van der Waals surface area contributed by atoms with E-state index in [0.717, 1.165) is 12.8 Å². The summed E-state index contributed by atoms with van der Waals surface area (Å²) in [5, 5.41) is 55.4. The van der Waals surface area contributed by atoms with Crippen LogP contribution in [-0.2, 0) is 0 Å². The number of hydrogen-bond donors (Lipinski definition) is 5. The van der Waals surface area contributed by atoms with Gasteiger partial charge in [-0.1, -0.05) is 20.8 Å². The molecular formula is C20H34O5. The molecule has 5 nitrogen and oxygen atoms in total. The fourth-order valence-electron chi connectivity index (χ4n) is 7.79. The highest BCUT2D eigenvalue weighted by Crippen LogP contribution is 2.68. The normalized spacial score (nSPS) is 63.0. The van der Waals surface area contributed by atoms with Crippen LogP contribution in [0.5, 0.6) is 0 Å². The standard InChI is InChI=1S/C20H34O5/c1-10-11-5-6-12-16(23)19(11,9-18(12,4)24)8-15(22)20(25)13(10)7-14(21)17(20,2)3/h10-16,21-25H,5-9H2,1-4H3/t10-,11-,12+,13-,14-,15+,16-,18+,19-,20-/m0/s1. The van der Waals surface area contributed by atoms with Crippen molar-refractivity contribution in [2.45, 2.75) is 89.3 Å². The van der Waals surface area contributed by atoms with Crippen LogP contribution in [0.2, 0.25) is 0 Å². The Bertz CT molecular complexity index is 574. The Morgan fingerprint density at radius 3 is 2.08 bits per heavy atom. The molecule has 0 aromatic rings. The Morgan fingerprint density at radius 1 is 0.840 bits per heavy atom. The molecule has 4 aliphatic rings. The predicted octanol–water partition coefficient (Wildman–Crippen LogP) is 1.05. The predicted molar refractivity (Wildman–Crippen MR) is 92.5 cm³/mol. The summed E-state index contributed by atoms with van der Waals surface area (Å²) in [7, 11) is 0. The van der Waals surface area contributed by atoms with E-state index in [0.29, 0.717) is 19.3 Å². The third-order valence-electron chi connectivity index (χ3n) is 9.24. The molecule has 0 saturated heterocycles. The molecule has 2 bridgehead atoms. The van der Waals surface area contributed by atoms with Crippen molar-refractivity contribution >= 4 is 0 Å². The van der Waals surface area contributed by atoms with Gasteiger partial charge in [0.1, 0.15) is 5.60 Å². The number of aliphatic hydroxyl groups is 5. The number of hydrogen-bond acceptors (Lipinski definition) is 5. The summed E-state index contributed by atoms with van der Waals surface area (Å²) >= 11 is 0. The smallest absolute Gasteiger partial charge is 0.101 e. The average molecular weight is 354 g/mol. The van der Waals surface area contributed by atoms with Crippen molar-refractivity contribution in [1.29, 1.82) is 0 Å². The molecule has 0 unspecified atom stereocenters. The van der Waals surface area contributed by atoms with E-state index in [9.17, 15) is 25.5 Å². The van der Waals surface area contributed by atoms with Gasteiger partial charge >= 0.3 is 0 Å². The van der Waals surface area contributed by atoms with Crippen molar-refractivity contribution in [2.24, 2.45) is 34.5 Å². The van der Waals surface area contributed by atoms with Gasteiger partial charge in [-0.05, 0) is 56.8 Å². The maximum Gasteiger partial charge on any atom is 0.101 e. The van der Waals surface area contributed by atoms with Gasteiger partial charge in [-0.3, -0.25) is 0 Å². The quantitative estimate of drug-likeness (QED) is 0.448. The minimum atomic E-state index is -1.37. The molecule has 4 fully saturated rings. The molecule has 1 spiro atoms. The minimum absolute atomic E-state index is 0.0723. The Morgan fingerprint density at radius 2 is 1.44 bits per heavy atom. The van der Waals surface area contributed by atoms with Crippen LogP contribution in [0.3, 0.4) is 0 Å². The molecule has 5 heteroatoms. The highest BCUT2D eigenvalue weighted by molar-refractivity contribution is 5.22. The van der Waals surface area contributed by atoms with Crippen LogP contribution >= 0.6 is 0 Å². The van der Waals surface area contributed by atoms with Crippen LogP contribution in [0, 0.1) is 34.5 Å². The summed E-state index contributed by atoms with van der Waals surface area (Å²) in [6.07, 6.45) is 0.606. The summed E-state index contributed by atoms with van der Waals surface area (Å²) in [5.41, 5.74) is -3.65. The zero-order valence-electron chi connectivity index (χ0n) is 15.8. The van der Waals surface area contributed by atoms with E-state index in [2.05, 4.69) is 6.92 Å². The van der Waals surface area contributed by atoms with E-state index in [1.807, 2.05) is 20.8 Å². The van der Waals surface area contributed by atoms with Crippen LogP contribution in [0.4, 0.5) is 0 Å². The zero-order chi connectivity index (χ0) is 18.6. The summed E-state index contributed by atoms with van der Waals surface area (Å²) < 4.78 is 0. The van der Waals surface area contributed by atoms with Gasteiger partial charge in [0.25, 0.3) is 0 Å². The largest absolute Gasteiger partial charge is 0.392 e. The molecule has 0 aromatic carbocycles. The van der Waals surface area contributed by atoms with Crippen molar-refractivity contribution in [1.82, 2.24) is 0 Å². The van der Waals surface area contributed by atoms with Crippen molar-refractivity contribution in [3.63, 3.8) is 0 Å². The Hall–Kier alpha value is -0.200. The zero-order valence-corrected chi connectivity index (χ0v) is 15.8. The second-order valence-corrected chi connectivity index (χ2v) is 10.5. The van der Waals surface area contributed by atoms with Crippen LogP contribution in [0.1, 0.15) is 59.8 Å². The topological polar surface area (TPSA) is 101 Å². The van der Waals surface area contributed by atoms with E-state index < -0.39 is 40.3 Å². The molecule has 0 aliphatic heterocycles. The first-order valence-electron chi connectivity index (χ1n) is 9.88. The molecule has 25 heavy (non-hydrogen) atoms. The highest BCUT2D eigenvalue weighted by atomic mass is 16.4. The van der Waals surface area contributed by atoms with E-state index in [1.165, 1.54) is 0 Å². The average Bonchev–Trinajstić information content (AvgIpc) is 2.71. The maximum atomic E-state index is 11.7. The highest BCUT2D eigenvalue weighted by Gasteiger charge is 2.72. The van der Waals surface area contributed by atoms with Crippen molar-refractivity contribution < 1.29 is 25.5 Å². The molecular weight excluding hydrogens is 320 g/mol. The third kappa shape index (κ3) is 1.92. The molecule has 144 valence electrons. The van der Waals surface area contributed by atoms with Gasteiger partial charge in [-0.25, -0.2) is 0 Å². The monoisotopic (exact) mass is 354 g/mol. The fraction of sp³-hybridized carbons (Fsp3) is 1.00. The van der Waals surface area contributed by atoms with Gasteiger partial charge in [-0.15, -0.1) is 0 Å². The Labute approximate surface area is 150 Å². The molecule has 10 atom stereocenters. The van der Waals surface area contributed by atoms with Gasteiger partial charge in [0, 0.05) is 16.7 Å². The van der Waals surface area contributed by atoms with Gasteiger partial charge in [0.15, 0.2) is 0 Å². The summed E-state index contributed by atoms with van der Waals surface area (Å²) in [6.45, 7) is 7.59. The SMILES string of the molecule is C[C@H]1[C@@H]2CC[C@@H]3[C@H](O)[C@@]2(C[C@@H](O)[C@@]2(O)[C@H]1C[C@H](O)C2(C)C)C[C@@]3(C)O. The van der Waals surface area contributed by atoms with Gasteiger partial charge in [0.2, 0.25) is 0 Å². The van der Waals surface area contributed by atoms with Crippen molar-refractivity contribution in [3.8, 4) is 0 Å². The number of rotatable bonds is 0. The molecule has 4 aliphatic carbocycles. The second kappa shape index (κ2) is 4.99. The third-order valence-corrected chi connectivity index (χ3v) is 9.24. The van der Waals surface area contributed by atoms with Crippen LogP contribution < -0.4 is 0 Å². The molecule has 4 rings (SSSR count). The lowest BCUT2D eigenvalue weighted by Crippen LogP contribution is -2.57. The molecule has 0 heterocycles. The first kappa shape index (κ1) is 18.2. The van der Waals surface area contributed by atoms with Gasteiger partial charge < -0.3 is 25.5 Å². The second-order valence-electron chi connectivity index (χ2n) is 10.5. The van der Waals surface area contributed by atoms with Crippen molar-refractivity contribution in [3.05, 3.63) is 0 Å². The van der Waals surface area contributed by atoms with E-state index in [4.69, 9.17) is 0 Å². The molecule has 0 aromatic heterocycles. The molecule has 0 amide bonds. The first-order valence-corrected chi connectivity index (χ1v) is 9.88. The van der Waals surface area contributed by atoms with Crippen LogP contribution in [0.15, 0.2) is 0 Å². The maximum absolute atomic E-state index is 11.7. The van der Waals surface area contributed by atoms with Crippen LogP contribution in [-0.4, -0.2) is 55.0 Å². The lowest BCUT2D eigenvalue weighted by Gasteiger charge is -2.47.